The van der Waals surface area contributed by atoms with E-state index in [-0.39, 0.29) is 11.0 Å². The van der Waals surface area contributed by atoms with Crippen LogP contribution in [0.3, 0.4) is 0 Å². The Bertz CT molecular complexity index is 687. The number of aromatic nitrogens is 1. The van der Waals surface area contributed by atoms with Crippen molar-refractivity contribution in [1.29, 1.82) is 0 Å². The first-order valence-corrected chi connectivity index (χ1v) is 9.42. The number of likely N-dealkylation sites (tertiary alicyclic amines) is 1. The van der Waals surface area contributed by atoms with Gasteiger partial charge in [0.15, 0.2) is 0 Å². The van der Waals surface area contributed by atoms with Gasteiger partial charge in [0, 0.05) is 45.1 Å². The van der Waals surface area contributed by atoms with E-state index in [2.05, 4.69) is 14.8 Å². The van der Waals surface area contributed by atoms with E-state index in [0.717, 1.165) is 64.2 Å². The van der Waals surface area contributed by atoms with Gasteiger partial charge in [-0.2, -0.15) is 0 Å². The molecule has 1 aromatic heterocycles. The molecule has 0 bridgehead atoms. The first-order chi connectivity index (χ1) is 12.6. The number of pyridine rings is 1. The maximum Gasteiger partial charge on any atom is 0.337 e. The number of ether oxygens (including phenoxy) is 1. The molecule has 0 aliphatic carbocycles. The van der Waals surface area contributed by atoms with Crippen molar-refractivity contribution in [1.82, 2.24) is 9.88 Å². The summed E-state index contributed by atoms with van der Waals surface area (Å²) < 4.78 is 5.45. The lowest BCUT2D eigenvalue weighted by atomic mass is 9.77. The van der Waals surface area contributed by atoms with Crippen LogP contribution in [0.1, 0.15) is 42.5 Å². The molecule has 1 N–H and O–H groups in total. The Balaban J connectivity index is 1.48. The number of carbonyl (C=O) groups is 2. The fourth-order valence-corrected chi connectivity index (χ4v) is 4.59. The number of amides is 1. The third kappa shape index (κ3) is 3.05. The van der Waals surface area contributed by atoms with Gasteiger partial charge in [-0.05, 0) is 44.2 Å². The lowest BCUT2D eigenvalue weighted by molar-refractivity contribution is -0.149. The Morgan fingerprint density at radius 1 is 1.23 bits per heavy atom. The number of hydrogen-bond acceptors (Lipinski definition) is 5. The monoisotopic (exact) mass is 359 g/mol. The number of carbonyl (C=O) groups excluding carboxylic acids is 1. The summed E-state index contributed by atoms with van der Waals surface area (Å²) in [5.74, 6) is 0.0691. The summed E-state index contributed by atoms with van der Waals surface area (Å²) in [6, 6.07) is 3.63. The molecule has 0 radical (unpaired) electrons. The zero-order valence-corrected chi connectivity index (χ0v) is 14.9. The zero-order valence-electron chi connectivity index (χ0n) is 14.9. The molecule has 7 heteroatoms. The maximum atomic E-state index is 13.3. The van der Waals surface area contributed by atoms with E-state index in [9.17, 15) is 9.59 Å². The van der Waals surface area contributed by atoms with Crippen LogP contribution in [0.25, 0.3) is 0 Å². The quantitative estimate of drug-likeness (QED) is 0.886. The van der Waals surface area contributed by atoms with Crippen molar-refractivity contribution in [2.45, 2.75) is 38.1 Å². The predicted octanol–water partition coefficient (Wildman–Crippen LogP) is 1.78. The van der Waals surface area contributed by atoms with Gasteiger partial charge in [-0.25, -0.2) is 9.78 Å². The second kappa shape index (κ2) is 6.87. The molecule has 1 amide bonds. The first-order valence-electron chi connectivity index (χ1n) is 9.42. The number of carboxylic acids is 1. The summed E-state index contributed by atoms with van der Waals surface area (Å²) in [6.45, 7) is 3.80. The Morgan fingerprint density at radius 2 is 2.04 bits per heavy atom. The average molecular weight is 359 g/mol. The van der Waals surface area contributed by atoms with Crippen LogP contribution >= 0.6 is 0 Å². The minimum absolute atomic E-state index is 0.182. The molecule has 140 valence electrons. The molecule has 3 saturated heterocycles. The molecular weight excluding hydrogens is 334 g/mol. The molecule has 0 aromatic carbocycles. The molecule has 3 fully saturated rings. The molecule has 3 aliphatic rings. The highest BCUT2D eigenvalue weighted by Gasteiger charge is 2.49. The smallest absolute Gasteiger partial charge is 0.337 e. The lowest BCUT2D eigenvalue weighted by Gasteiger charge is -2.44. The zero-order chi connectivity index (χ0) is 18.1. The van der Waals surface area contributed by atoms with Crippen molar-refractivity contribution in [3.8, 4) is 0 Å². The highest BCUT2D eigenvalue weighted by molar-refractivity contribution is 5.87. The standard InChI is InChI=1S/C19H25N3O4/c23-17(24)14-2-3-16(20-12-14)21-9-7-19(13-21)6-1-8-22(18(19)25)15-4-10-26-11-5-15/h2-3,12,15H,1,4-11,13H2,(H,23,24)/t19-/m1/s1. The second-order valence-corrected chi connectivity index (χ2v) is 7.61. The molecule has 3 aliphatic heterocycles. The molecule has 26 heavy (non-hydrogen) atoms. The van der Waals surface area contributed by atoms with Crippen molar-refractivity contribution in [3.05, 3.63) is 23.9 Å². The van der Waals surface area contributed by atoms with Crippen LogP contribution in [0.15, 0.2) is 18.3 Å². The maximum absolute atomic E-state index is 13.3. The van der Waals surface area contributed by atoms with Crippen molar-refractivity contribution in [2.24, 2.45) is 5.41 Å². The molecule has 4 rings (SSSR count). The van der Waals surface area contributed by atoms with Gasteiger partial charge in [0.05, 0.1) is 11.0 Å². The summed E-state index contributed by atoms with van der Waals surface area (Å²) >= 11 is 0. The van der Waals surface area contributed by atoms with E-state index in [0.29, 0.717) is 18.5 Å². The van der Waals surface area contributed by atoms with Crippen molar-refractivity contribution >= 4 is 17.7 Å². The summed E-state index contributed by atoms with van der Waals surface area (Å²) in [6.07, 6.45) is 6.07. The average Bonchev–Trinajstić information content (AvgIpc) is 3.10. The molecule has 1 aromatic rings. The highest BCUT2D eigenvalue weighted by atomic mass is 16.5. The van der Waals surface area contributed by atoms with Crippen LogP contribution in [0.5, 0.6) is 0 Å². The number of aromatic carboxylic acids is 1. The number of carboxylic acid groups (broad SMARTS) is 1. The van der Waals surface area contributed by atoms with Crippen molar-refractivity contribution in [3.63, 3.8) is 0 Å². The van der Waals surface area contributed by atoms with Gasteiger partial charge in [0.1, 0.15) is 5.82 Å². The molecule has 7 nitrogen and oxygen atoms in total. The predicted molar refractivity (Wildman–Crippen MR) is 95.2 cm³/mol. The van der Waals surface area contributed by atoms with Crippen LogP contribution in [0.2, 0.25) is 0 Å². The number of rotatable bonds is 3. The van der Waals surface area contributed by atoms with Crippen LogP contribution in [0.4, 0.5) is 5.82 Å². The molecule has 0 saturated carbocycles. The minimum Gasteiger partial charge on any atom is -0.478 e. The van der Waals surface area contributed by atoms with E-state index in [4.69, 9.17) is 9.84 Å². The van der Waals surface area contributed by atoms with Gasteiger partial charge in [-0.3, -0.25) is 4.79 Å². The number of anilines is 1. The minimum atomic E-state index is -0.975. The van der Waals surface area contributed by atoms with Crippen molar-refractivity contribution in [2.75, 3.05) is 37.7 Å². The Hall–Kier alpha value is -2.15. The Labute approximate surface area is 152 Å². The summed E-state index contributed by atoms with van der Waals surface area (Å²) in [4.78, 5) is 32.8. The van der Waals surface area contributed by atoms with Gasteiger partial charge in [-0.15, -0.1) is 0 Å². The fraction of sp³-hybridized carbons (Fsp3) is 0.632. The van der Waals surface area contributed by atoms with Crippen LogP contribution < -0.4 is 4.90 Å². The van der Waals surface area contributed by atoms with Gasteiger partial charge in [0.25, 0.3) is 0 Å². The van der Waals surface area contributed by atoms with E-state index < -0.39 is 5.97 Å². The fourth-order valence-electron chi connectivity index (χ4n) is 4.59. The molecule has 1 atom stereocenters. The Morgan fingerprint density at radius 3 is 2.73 bits per heavy atom. The Kier molecular flexibility index (Phi) is 4.56. The van der Waals surface area contributed by atoms with Crippen LogP contribution in [0, 0.1) is 5.41 Å². The summed E-state index contributed by atoms with van der Waals surface area (Å²) in [5.41, 5.74) is -0.133. The lowest BCUT2D eigenvalue weighted by Crippen LogP contribution is -2.54. The third-order valence-corrected chi connectivity index (χ3v) is 6.07. The number of hydrogen-bond donors (Lipinski definition) is 1. The molecule has 0 unspecified atom stereocenters. The number of piperidine rings is 1. The summed E-state index contributed by atoms with van der Waals surface area (Å²) in [7, 11) is 0. The van der Waals surface area contributed by atoms with E-state index >= 15 is 0 Å². The van der Waals surface area contributed by atoms with Crippen LogP contribution in [-0.4, -0.2) is 65.8 Å². The second-order valence-electron chi connectivity index (χ2n) is 7.61. The molecule has 1 spiro atoms. The van der Waals surface area contributed by atoms with Gasteiger partial charge in [-0.1, -0.05) is 0 Å². The molecule has 4 heterocycles. The van der Waals surface area contributed by atoms with E-state index in [1.807, 2.05) is 0 Å². The van der Waals surface area contributed by atoms with Gasteiger partial charge < -0.3 is 19.6 Å². The topological polar surface area (TPSA) is 83.0 Å². The van der Waals surface area contributed by atoms with Gasteiger partial charge in [0.2, 0.25) is 5.91 Å². The highest BCUT2D eigenvalue weighted by Crippen LogP contribution is 2.42. The first kappa shape index (κ1) is 17.3. The van der Waals surface area contributed by atoms with Crippen LogP contribution in [-0.2, 0) is 9.53 Å². The largest absolute Gasteiger partial charge is 0.478 e. The van der Waals surface area contributed by atoms with E-state index in [1.165, 1.54) is 6.20 Å². The SMILES string of the molecule is O=C(O)c1ccc(N2CC[C@]3(CCCN(C4CCOCC4)C3=O)C2)nc1. The van der Waals surface area contributed by atoms with Gasteiger partial charge >= 0.3 is 5.97 Å². The van der Waals surface area contributed by atoms with Crippen molar-refractivity contribution < 1.29 is 19.4 Å². The molecular formula is C19H25N3O4. The summed E-state index contributed by atoms with van der Waals surface area (Å²) in [5, 5.41) is 9.01. The van der Waals surface area contributed by atoms with E-state index in [1.54, 1.807) is 12.1 Å². The number of nitrogens with zero attached hydrogens (tertiary/aromatic N) is 3. The third-order valence-electron chi connectivity index (χ3n) is 6.07. The normalized spacial score (nSPS) is 27.3.